The zero-order valence-electron chi connectivity index (χ0n) is 17.7. The molecule has 7 nitrogen and oxygen atoms in total. The largest absolute Gasteiger partial charge is 0.325 e. The lowest BCUT2D eigenvalue weighted by Gasteiger charge is -2.36. The maximum atomic E-state index is 13.3. The number of hydrogen-bond acceptors (Lipinski definition) is 7. The number of hydrogen-bond donors (Lipinski definition) is 3. The third-order valence-electron chi connectivity index (χ3n) is 5.93. The van der Waals surface area contributed by atoms with Crippen LogP contribution in [-0.4, -0.2) is 38.9 Å². The Morgan fingerprint density at radius 1 is 1.25 bits per heavy atom. The maximum absolute atomic E-state index is 13.3. The fourth-order valence-corrected chi connectivity index (χ4v) is 5.03. The van der Waals surface area contributed by atoms with Crippen molar-refractivity contribution in [2.45, 2.75) is 38.0 Å². The smallest absolute Gasteiger partial charge is 0.234 e. The Bertz CT molecular complexity index is 1060. The molecule has 1 amide bonds. The normalized spacial score (nSPS) is 23.4. The number of fused-ring (bicyclic) bond motifs is 3. The molecule has 3 N–H and O–H groups in total. The van der Waals surface area contributed by atoms with Crippen molar-refractivity contribution in [1.82, 2.24) is 20.8 Å². The summed E-state index contributed by atoms with van der Waals surface area (Å²) in [6.07, 6.45) is 5.72. The third-order valence-corrected chi connectivity index (χ3v) is 6.90. The molecule has 1 fully saturated rings. The number of nitrogens with one attached hydrogen (secondary N) is 3. The van der Waals surface area contributed by atoms with Crippen LogP contribution in [0.25, 0.3) is 0 Å². The van der Waals surface area contributed by atoms with Gasteiger partial charge in [0.2, 0.25) is 5.91 Å². The molecule has 5 rings (SSSR count). The van der Waals surface area contributed by atoms with Crippen molar-refractivity contribution in [2.75, 3.05) is 11.1 Å². The van der Waals surface area contributed by atoms with E-state index in [1.165, 1.54) is 29.5 Å². The van der Waals surface area contributed by atoms with E-state index >= 15 is 0 Å². The molecule has 0 radical (unpaired) electrons. The van der Waals surface area contributed by atoms with Gasteiger partial charge in [0.15, 0.2) is 5.17 Å². The van der Waals surface area contributed by atoms with Gasteiger partial charge in [-0.1, -0.05) is 43.0 Å². The van der Waals surface area contributed by atoms with E-state index in [0.29, 0.717) is 0 Å². The van der Waals surface area contributed by atoms with Crippen molar-refractivity contribution in [2.24, 2.45) is 5.10 Å². The number of carbonyl (C=O) groups excluding carboxylic acids is 1. The van der Waals surface area contributed by atoms with Gasteiger partial charge in [0.05, 0.1) is 17.8 Å². The SMILES string of the molecule is CCc1cccc(NC(=O)CSC2=NNC3C4CC(c5ccc(F)cc5)NN4C=CN23)c1. The second-order valence-electron chi connectivity index (χ2n) is 8.01. The van der Waals surface area contributed by atoms with E-state index in [9.17, 15) is 9.18 Å². The van der Waals surface area contributed by atoms with Crippen LogP contribution in [0, 0.1) is 5.82 Å². The molecule has 2 aromatic rings. The topological polar surface area (TPSA) is 72.0 Å². The van der Waals surface area contributed by atoms with Gasteiger partial charge < -0.3 is 15.2 Å². The minimum atomic E-state index is -0.231. The Balaban J connectivity index is 1.17. The van der Waals surface area contributed by atoms with Gasteiger partial charge in [-0.3, -0.25) is 10.2 Å². The van der Waals surface area contributed by atoms with E-state index in [4.69, 9.17) is 0 Å². The standard InChI is InChI=1S/C23H25FN6OS/c1-2-15-4-3-5-18(12-15)25-21(31)14-32-23-27-26-22-20-13-19(16-6-8-17(24)9-7-16)28-30(20)11-10-29(22)23/h3-12,19-20,22,26,28H,2,13-14H2,1H3,(H,25,31). The average Bonchev–Trinajstić information content (AvgIpc) is 3.42. The number of hydrazone groups is 1. The predicted octanol–water partition coefficient (Wildman–Crippen LogP) is 3.37. The molecule has 32 heavy (non-hydrogen) atoms. The van der Waals surface area contributed by atoms with Crippen molar-refractivity contribution in [3.63, 3.8) is 0 Å². The molecule has 0 saturated carbocycles. The summed E-state index contributed by atoms with van der Waals surface area (Å²) in [7, 11) is 0. The molecule has 3 atom stereocenters. The van der Waals surface area contributed by atoms with Gasteiger partial charge in [0, 0.05) is 18.1 Å². The Labute approximate surface area is 190 Å². The van der Waals surface area contributed by atoms with Crippen LogP contribution in [0.2, 0.25) is 0 Å². The highest BCUT2D eigenvalue weighted by molar-refractivity contribution is 8.14. The molecule has 1 saturated heterocycles. The number of hydrazine groups is 1. The van der Waals surface area contributed by atoms with Gasteiger partial charge in [-0.15, -0.1) is 0 Å². The van der Waals surface area contributed by atoms with Crippen molar-refractivity contribution in [3.8, 4) is 0 Å². The molecule has 0 bridgehead atoms. The Morgan fingerprint density at radius 3 is 2.91 bits per heavy atom. The van der Waals surface area contributed by atoms with Gasteiger partial charge in [0.1, 0.15) is 12.0 Å². The number of rotatable bonds is 5. The number of aryl methyl sites for hydroxylation is 1. The van der Waals surface area contributed by atoms with E-state index in [1.54, 1.807) is 0 Å². The van der Waals surface area contributed by atoms with Gasteiger partial charge in [-0.05, 0) is 48.2 Å². The molecule has 3 aliphatic heterocycles. The first kappa shape index (κ1) is 20.8. The summed E-state index contributed by atoms with van der Waals surface area (Å²) in [4.78, 5) is 14.5. The summed E-state index contributed by atoms with van der Waals surface area (Å²) in [5.74, 6) is -0.0141. The van der Waals surface area contributed by atoms with Crippen LogP contribution in [-0.2, 0) is 11.2 Å². The minimum absolute atomic E-state index is 0.0234. The highest BCUT2D eigenvalue weighted by atomic mass is 32.2. The summed E-state index contributed by atoms with van der Waals surface area (Å²) in [6.45, 7) is 2.09. The number of carbonyl (C=O) groups is 1. The molecule has 166 valence electrons. The Hall–Kier alpha value is -3.04. The number of benzene rings is 2. The van der Waals surface area contributed by atoms with Crippen LogP contribution >= 0.6 is 11.8 Å². The quantitative estimate of drug-likeness (QED) is 0.646. The first-order valence-corrected chi connectivity index (χ1v) is 11.7. The summed E-state index contributed by atoms with van der Waals surface area (Å²) in [5, 5.41) is 10.3. The lowest BCUT2D eigenvalue weighted by molar-refractivity contribution is -0.113. The second kappa shape index (κ2) is 8.84. The summed E-state index contributed by atoms with van der Waals surface area (Å²) in [5.41, 5.74) is 9.76. The average molecular weight is 453 g/mol. The van der Waals surface area contributed by atoms with Crippen molar-refractivity contribution < 1.29 is 9.18 Å². The second-order valence-corrected chi connectivity index (χ2v) is 8.95. The summed E-state index contributed by atoms with van der Waals surface area (Å²) < 4.78 is 13.3. The lowest BCUT2D eigenvalue weighted by Crippen LogP contribution is -2.54. The Morgan fingerprint density at radius 2 is 2.09 bits per heavy atom. The number of thioether (sulfide) groups is 1. The zero-order valence-corrected chi connectivity index (χ0v) is 18.5. The highest BCUT2D eigenvalue weighted by Crippen LogP contribution is 2.35. The van der Waals surface area contributed by atoms with Crippen LogP contribution in [0.1, 0.15) is 30.5 Å². The van der Waals surface area contributed by atoms with Crippen LogP contribution in [0.5, 0.6) is 0 Å². The number of halogens is 1. The van der Waals surface area contributed by atoms with Gasteiger partial charge in [-0.2, -0.15) is 5.10 Å². The Kier molecular flexibility index (Phi) is 5.75. The number of amidine groups is 1. The monoisotopic (exact) mass is 452 g/mol. The van der Waals surface area contributed by atoms with Crippen molar-refractivity contribution in [3.05, 3.63) is 77.9 Å². The molecule has 0 spiro atoms. The first-order chi connectivity index (χ1) is 15.6. The zero-order chi connectivity index (χ0) is 22.1. The molecule has 3 aliphatic rings. The van der Waals surface area contributed by atoms with Crippen LogP contribution in [0.15, 0.2) is 66.0 Å². The molecule has 0 aromatic heterocycles. The van der Waals surface area contributed by atoms with Crippen LogP contribution in [0.4, 0.5) is 10.1 Å². The van der Waals surface area contributed by atoms with E-state index in [0.717, 1.165) is 29.3 Å². The third kappa shape index (κ3) is 4.18. The van der Waals surface area contributed by atoms with Crippen molar-refractivity contribution >= 4 is 28.5 Å². The summed E-state index contributed by atoms with van der Waals surface area (Å²) >= 11 is 1.41. The van der Waals surface area contributed by atoms with Crippen molar-refractivity contribution in [1.29, 1.82) is 0 Å². The molecule has 0 aliphatic carbocycles. The molecule has 9 heteroatoms. The molecule has 2 aromatic carbocycles. The van der Waals surface area contributed by atoms with E-state index in [-0.39, 0.29) is 35.7 Å². The summed E-state index contributed by atoms with van der Waals surface area (Å²) in [6, 6.07) is 14.8. The molecular formula is C23H25FN6OS. The van der Waals surface area contributed by atoms with Crippen LogP contribution < -0.4 is 16.2 Å². The van der Waals surface area contributed by atoms with Gasteiger partial charge in [-0.25, -0.2) is 9.82 Å². The lowest BCUT2D eigenvalue weighted by atomic mass is 10.00. The fraction of sp³-hybridized carbons (Fsp3) is 0.304. The van der Waals surface area contributed by atoms with Gasteiger partial charge in [0.25, 0.3) is 0 Å². The molecular weight excluding hydrogens is 427 g/mol. The van der Waals surface area contributed by atoms with E-state index in [2.05, 4.69) is 38.1 Å². The first-order valence-electron chi connectivity index (χ1n) is 10.7. The van der Waals surface area contributed by atoms with E-state index in [1.807, 2.05) is 48.8 Å². The fourth-order valence-electron chi connectivity index (χ4n) is 4.26. The number of nitrogens with zero attached hydrogens (tertiary/aromatic N) is 3. The number of amides is 1. The maximum Gasteiger partial charge on any atom is 0.234 e. The van der Waals surface area contributed by atoms with Crippen LogP contribution in [0.3, 0.4) is 0 Å². The molecule has 3 unspecified atom stereocenters. The minimum Gasteiger partial charge on any atom is -0.325 e. The van der Waals surface area contributed by atoms with E-state index < -0.39 is 0 Å². The molecule has 3 heterocycles. The predicted molar refractivity (Wildman–Crippen MR) is 125 cm³/mol. The number of anilines is 1. The highest BCUT2D eigenvalue weighted by Gasteiger charge is 2.44. The van der Waals surface area contributed by atoms with Gasteiger partial charge >= 0.3 is 0 Å².